The van der Waals surface area contributed by atoms with Crippen LogP contribution in [0.3, 0.4) is 0 Å². The highest BCUT2D eigenvalue weighted by Crippen LogP contribution is 2.33. The second-order valence-electron chi connectivity index (χ2n) is 5.27. The number of anilines is 1. The fourth-order valence-corrected chi connectivity index (χ4v) is 3.16. The number of ether oxygens (including phenoxy) is 1. The van der Waals surface area contributed by atoms with Crippen molar-refractivity contribution in [2.45, 2.75) is 9.79 Å². The van der Waals surface area contributed by atoms with Crippen LogP contribution in [0.5, 0.6) is 0 Å². The maximum Gasteiger partial charge on any atom is 0.356 e. The minimum absolute atomic E-state index is 0.0899. The third-order valence-corrected chi connectivity index (χ3v) is 4.57. The van der Waals surface area contributed by atoms with Crippen molar-refractivity contribution in [2.24, 2.45) is 0 Å². The minimum atomic E-state index is -0.584. The molecular weight excluding hydrogens is 348 g/mol. The molecule has 0 saturated heterocycles. The van der Waals surface area contributed by atoms with Crippen LogP contribution in [0.15, 0.2) is 82.6 Å². The fourth-order valence-electron chi connectivity index (χ4n) is 2.24. The fraction of sp³-hybridized carbons (Fsp3) is 0.0500. The summed E-state index contributed by atoms with van der Waals surface area (Å²) in [7, 11) is 1.27. The molecule has 0 radical (unpaired) electrons. The highest BCUT2D eigenvalue weighted by atomic mass is 32.2. The van der Waals surface area contributed by atoms with Gasteiger partial charge in [0.2, 0.25) is 0 Å². The number of benzene rings is 2. The molecule has 0 fully saturated rings. The number of nitrogens with one attached hydrogen (secondary N) is 1. The zero-order valence-corrected chi connectivity index (χ0v) is 14.8. The number of aromatic nitrogens is 1. The number of hydrogen-bond acceptors (Lipinski definition) is 5. The van der Waals surface area contributed by atoms with Gasteiger partial charge in [-0.3, -0.25) is 4.79 Å². The Hall–Kier alpha value is -3.12. The predicted octanol–water partition coefficient (Wildman–Crippen LogP) is 4.27. The lowest BCUT2D eigenvalue weighted by Gasteiger charge is -2.11. The number of rotatable bonds is 5. The van der Waals surface area contributed by atoms with E-state index in [1.54, 1.807) is 23.9 Å². The molecule has 1 heterocycles. The second kappa shape index (κ2) is 8.31. The van der Waals surface area contributed by atoms with E-state index in [-0.39, 0.29) is 11.4 Å². The predicted molar refractivity (Wildman–Crippen MR) is 101 cm³/mol. The number of para-hydroxylation sites is 1. The van der Waals surface area contributed by atoms with Gasteiger partial charge in [-0.15, -0.1) is 0 Å². The summed E-state index contributed by atoms with van der Waals surface area (Å²) in [5.41, 5.74) is 0.913. The van der Waals surface area contributed by atoms with E-state index in [4.69, 9.17) is 0 Å². The Bertz CT molecular complexity index is 929. The Kier molecular flexibility index (Phi) is 5.66. The van der Waals surface area contributed by atoms with Crippen LogP contribution in [0, 0.1) is 0 Å². The molecule has 0 aliphatic heterocycles. The lowest BCUT2D eigenvalue weighted by atomic mass is 10.2. The molecule has 6 heteroatoms. The molecule has 0 saturated carbocycles. The largest absolute Gasteiger partial charge is 0.464 e. The van der Waals surface area contributed by atoms with Crippen LogP contribution in [-0.2, 0) is 4.74 Å². The van der Waals surface area contributed by atoms with Gasteiger partial charge in [0, 0.05) is 9.79 Å². The summed E-state index contributed by atoms with van der Waals surface area (Å²) >= 11 is 1.55. The van der Waals surface area contributed by atoms with Gasteiger partial charge in [-0.05, 0) is 36.4 Å². The van der Waals surface area contributed by atoms with Gasteiger partial charge in [-0.25, -0.2) is 9.78 Å². The average Bonchev–Trinajstić information content (AvgIpc) is 2.69. The Morgan fingerprint density at radius 2 is 1.58 bits per heavy atom. The van der Waals surface area contributed by atoms with Crippen molar-refractivity contribution in [3.05, 3.63) is 84.2 Å². The third kappa shape index (κ3) is 4.29. The van der Waals surface area contributed by atoms with Gasteiger partial charge < -0.3 is 10.1 Å². The summed E-state index contributed by atoms with van der Waals surface area (Å²) in [6, 6.07) is 22.1. The van der Waals surface area contributed by atoms with Crippen LogP contribution in [-0.4, -0.2) is 24.0 Å². The molecule has 0 bridgehead atoms. The molecule has 0 aliphatic rings. The molecule has 3 rings (SSSR count). The number of hydrogen-bond donors (Lipinski definition) is 1. The van der Waals surface area contributed by atoms with Crippen molar-refractivity contribution in [1.82, 2.24) is 4.98 Å². The van der Waals surface area contributed by atoms with Crippen molar-refractivity contribution in [1.29, 1.82) is 0 Å². The van der Waals surface area contributed by atoms with Crippen LogP contribution in [0.1, 0.15) is 21.0 Å². The van der Waals surface area contributed by atoms with Crippen molar-refractivity contribution in [2.75, 3.05) is 12.4 Å². The van der Waals surface area contributed by atoms with Crippen molar-refractivity contribution < 1.29 is 14.3 Å². The molecule has 1 aromatic heterocycles. The van der Waals surface area contributed by atoms with Crippen LogP contribution < -0.4 is 5.32 Å². The number of esters is 1. The van der Waals surface area contributed by atoms with E-state index in [9.17, 15) is 9.59 Å². The Morgan fingerprint density at radius 3 is 2.35 bits per heavy atom. The van der Waals surface area contributed by atoms with Crippen LogP contribution >= 0.6 is 11.8 Å². The van der Waals surface area contributed by atoms with Gasteiger partial charge in [0.25, 0.3) is 5.91 Å². The minimum Gasteiger partial charge on any atom is -0.464 e. The zero-order chi connectivity index (χ0) is 18.4. The first kappa shape index (κ1) is 17.7. The summed E-state index contributed by atoms with van der Waals surface area (Å²) in [5.74, 6) is -0.975. The monoisotopic (exact) mass is 364 g/mol. The van der Waals surface area contributed by atoms with Crippen LogP contribution in [0.25, 0.3) is 0 Å². The number of amides is 1. The van der Waals surface area contributed by atoms with Crippen LogP contribution in [0.2, 0.25) is 0 Å². The molecular formula is C20H16N2O3S. The number of pyridine rings is 1. The van der Waals surface area contributed by atoms with Gasteiger partial charge in [0.1, 0.15) is 11.4 Å². The van der Waals surface area contributed by atoms with Crippen molar-refractivity contribution in [3.8, 4) is 0 Å². The number of carbonyl (C=O) groups is 2. The summed E-state index contributed by atoms with van der Waals surface area (Å²) < 4.78 is 4.64. The topological polar surface area (TPSA) is 68.3 Å². The molecule has 1 amide bonds. The van der Waals surface area contributed by atoms with E-state index in [1.807, 2.05) is 54.6 Å². The zero-order valence-electron chi connectivity index (χ0n) is 14.0. The molecule has 3 aromatic rings. The van der Waals surface area contributed by atoms with E-state index < -0.39 is 11.9 Å². The van der Waals surface area contributed by atoms with E-state index >= 15 is 0 Å². The number of carbonyl (C=O) groups excluding carboxylic acids is 2. The third-order valence-electron chi connectivity index (χ3n) is 3.48. The van der Waals surface area contributed by atoms with E-state index in [0.29, 0.717) is 5.69 Å². The second-order valence-corrected chi connectivity index (χ2v) is 6.38. The van der Waals surface area contributed by atoms with Gasteiger partial charge in [-0.1, -0.05) is 48.2 Å². The summed E-state index contributed by atoms with van der Waals surface area (Å²) in [5, 5.41) is 2.86. The SMILES string of the molecule is COC(=O)c1cccc(C(=O)Nc2ccccc2Sc2ccccc2)n1. The first-order valence-electron chi connectivity index (χ1n) is 7.86. The summed E-state index contributed by atoms with van der Waals surface area (Å²) in [6.07, 6.45) is 0. The normalized spacial score (nSPS) is 10.2. The average molecular weight is 364 g/mol. The first-order chi connectivity index (χ1) is 12.7. The molecule has 0 atom stereocenters. The summed E-state index contributed by atoms with van der Waals surface area (Å²) in [4.78, 5) is 30.2. The standard InChI is InChI=1S/C20H16N2O3S/c1-25-20(24)17-12-7-11-16(21-17)19(23)22-15-10-5-6-13-18(15)26-14-8-3-2-4-9-14/h2-13H,1H3,(H,22,23). The molecule has 26 heavy (non-hydrogen) atoms. The van der Waals surface area contributed by atoms with Gasteiger partial charge >= 0.3 is 5.97 Å². The smallest absolute Gasteiger partial charge is 0.356 e. The highest BCUT2D eigenvalue weighted by molar-refractivity contribution is 7.99. The van der Waals surface area contributed by atoms with E-state index in [0.717, 1.165) is 9.79 Å². The van der Waals surface area contributed by atoms with Crippen molar-refractivity contribution >= 4 is 29.3 Å². The Balaban J connectivity index is 1.81. The number of methoxy groups -OCH3 is 1. The molecule has 0 spiro atoms. The van der Waals surface area contributed by atoms with Gasteiger partial charge in [0.05, 0.1) is 12.8 Å². The molecule has 5 nitrogen and oxygen atoms in total. The molecule has 130 valence electrons. The summed E-state index contributed by atoms with van der Waals surface area (Å²) in [6.45, 7) is 0. The van der Waals surface area contributed by atoms with E-state index in [2.05, 4.69) is 15.0 Å². The maximum atomic E-state index is 12.5. The van der Waals surface area contributed by atoms with Crippen molar-refractivity contribution in [3.63, 3.8) is 0 Å². The van der Waals surface area contributed by atoms with Crippen LogP contribution in [0.4, 0.5) is 5.69 Å². The molecule has 0 unspecified atom stereocenters. The number of nitrogens with zero attached hydrogens (tertiary/aromatic N) is 1. The van der Waals surface area contributed by atoms with E-state index in [1.165, 1.54) is 13.2 Å². The quantitative estimate of drug-likeness (QED) is 0.685. The molecule has 0 aliphatic carbocycles. The highest BCUT2D eigenvalue weighted by Gasteiger charge is 2.14. The van der Waals surface area contributed by atoms with Gasteiger partial charge in [0.15, 0.2) is 0 Å². The Labute approximate surface area is 155 Å². The van der Waals surface area contributed by atoms with Gasteiger partial charge in [-0.2, -0.15) is 0 Å². The Morgan fingerprint density at radius 1 is 0.885 bits per heavy atom. The maximum absolute atomic E-state index is 12.5. The lowest BCUT2D eigenvalue weighted by Crippen LogP contribution is -2.16. The first-order valence-corrected chi connectivity index (χ1v) is 8.67. The molecule has 2 aromatic carbocycles. The molecule has 1 N–H and O–H groups in total. The lowest BCUT2D eigenvalue weighted by molar-refractivity contribution is 0.0594.